The van der Waals surface area contributed by atoms with Crippen LogP contribution in [0, 0.1) is 11.7 Å². The topological polar surface area (TPSA) is 62.7 Å². The zero-order chi connectivity index (χ0) is 18.5. The molecule has 2 aromatic carbocycles. The van der Waals surface area contributed by atoms with Gasteiger partial charge in [0.2, 0.25) is 5.91 Å². The van der Waals surface area contributed by atoms with Gasteiger partial charge in [0.1, 0.15) is 6.54 Å². The van der Waals surface area contributed by atoms with E-state index < -0.39 is 0 Å². The van der Waals surface area contributed by atoms with Gasteiger partial charge in [0.15, 0.2) is 10.6 Å². The number of nitrogens with one attached hydrogen (secondary N) is 2. The van der Waals surface area contributed by atoms with E-state index in [-0.39, 0.29) is 12.5 Å². The van der Waals surface area contributed by atoms with Crippen molar-refractivity contribution in [3.05, 3.63) is 64.4 Å². The molecule has 0 spiro atoms. The number of aromatic amines is 1. The molecule has 134 valence electrons. The van der Waals surface area contributed by atoms with Crippen molar-refractivity contribution in [1.29, 1.82) is 0 Å². The number of anilines is 1. The van der Waals surface area contributed by atoms with Crippen molar-refractivity contribution in [2.24, 2.45) is 0 Å². The van der Waals surface area contributed by atoms with Crippen molar-refractivity contribution in [1.82, 2.24) is 14.8 Å². The predicted octanol–water partition coefficient (Wildman–Crippen LogP) is 4.51. The molecular formula is C20H22N4OS. The van der Waals surface area contributed by atoms with Crippen molar-refractivity contribution in [3.8, 4) is 11.4 Å². The molecular weight excluding hydrogens is 344 g/mol. The molecule has 0 bridgehead atoms. The van der Waals surface area contributed by atoms with E-state index in [9.17, 15) is 4.79 Å². The van der Waals surface area contributed by atoms with Crippen LogP contribution in [-0.4, -0.2) is 20.7 Å². The number of aromatic nitrogens is 3. The van der Waals surface area contributed by atoms with Crippen LogP contribution in [0.4, 0.5) is 5.69 Å². The van der Waals surface area contributed by atoms with Crippen LogP contribution in [0.2, 0.25) is 0 Å². The molecule has 0 aliphatic carbocycles. The van der Waals surface area contributed by atoms with E-state index >= 15 is 0 Å². The molecule has 0 unspecified atom stereocenters. The van der Waals surface area contributed by atoms with Crippen LogP contribution in [-0.2, 0) is 17.8 Å². The van der Waals surface area contributed by atoms with Crippen molar-refractivity contribution in [3.63, 3.8) is 0 Å². The first-order chi connectivity index (χ1) is 12.6. The third-order valence-corrected chi connectivity index (χ3v) is 4.42. The SMILES string of the molecule is CCCc1ccc(NC(=O)Cn2c(-c3cccc(C)c3)n[nH]c2=S)cc1. The van der Waals surface area contributed by atoms with Crippen LogP contribution in [0.5, 0.6) is 0 Å². The fourth-order valence-corrected chi connectivity index (χ4v) is 3.05. The van der Waals surface area contributed by atoms with Gasteiger partial charge in [-0.15, -0.1) is 0 Å². The summed E-state index contributed by atoms with van der Waals surface area (Å²) in [6.45, 7) is 4.27. The minimum Gasteiger partial charge on any atom is -0.325 e. The highest BCUT2D eigenvalue weighted by Gasteiger charge is 2.12. The molecule has 0 radical (unpaired) electrons. The summed E-state index contributed by atoms with van der Waals surface area (Å²) in [5.41, 5.74) is 4.10. The lowest BCUT2D eigenvalue weighted by atomic mass is 10.1. The summed E-state index contributed by atoms with van der Waals surface area (Å²) in [6.07, 6.45) is 2.14. The molecule has 3 rings (SSSR count). The minimum atomic E-state index is -0.139. The third kappa shape index (κ3) is 4.26. The number of nitrogens with zero attached hydrogens (tertiary/aromatic N) is 2. The molecule has 1 aromatic heterocycles. The highest BCUT2D eigenvalue weighted by Crippen LogP contribution is 2.19. The van der Waals surface area contributed by atoms with Crippen molar-refractivity contribution < 1.29 is 4.79 Å². The molecule has 5 nitrogen and oxygen atoms in total. The van der Waals surface area contributed by atoms with E-state index in [0.717, 1.165) is 29.7 Å². The van der Waals surface area contributed by atoms with Gasteiger partial charge in [-0.25, -0.2) is 0 Å². The second-order valence-electron chi connectivity index (χ2n) is 6.30. The first-order valence-electron chi connectivity index (χ1n) is 8.68. The van der Waals surface area contributed by atoms with Gasteiger partial charge in [0, 0.05) is 11.3 Å². The molecule has 1 amide bonds. The molecule has 0 fully saturated rings. The molecule has 0 saturated heterocycles. The lowest BCUT2D eigenvalue weighted by molar-refractivity contribution is -0.116. The van der Waals surface area contributed by atoms with Crippen LogP contribution in [0.25, 0.3) is 11.4 Å². The molecule has 3 aromatic rings. The molecule has 6 heteroatoms. The number of benzene rings is 2. The zero-order valence-electron chi connectivity index (χ0n) is 15.0. The van der Waals surface area contributed by atoms with Crippen molar-refractivity contribution in [2.75, 3.05) is 5.32 Å². The molecule has 2 N–H and O–H groups in total. The van der Waals surface area contributed by atoms with Gasteiger partial charge in [0.25, 0.3) is 0 Å². The van der Waals surface area contributed by atoms with E-state index in [0.29, 0.717) is 10.6 Å². The molecule has 0 aliphatic rings. The van der Waals surface area contributed by atoms with E-state index in [1.165, 1.54) is 5.56 Å². The fraction of sp³-hybridized carbons (Fsp3) is 0.250. The van der Waals surface area contributed by atoms with Gasteiger partial charge in [-0.3, -0.25) is 14.5 Å². The first-order valence-corrected chi connectivity index (χ1v) is 9.08. The van der Waals surface area contributed by atoms with Gasteiger partial charge in [0.05, 0.1) is 0 Å². The van der Waals surface area contributed by atoms with E-state index in [1.807, 2.05) is 55.5 Å². The van der Waals surface area contributed by atoms with Gasteiger partial charge in [-0.1, -0.05) is 49.2 Å². The number of hydrogen-bond donors (Lipinski definition) is 2. The normalized spacial score (nSPS) is 10.7. The second-order valence-corrected chi connectivity index (χ2v) is 6.69. The second kappa shape index (κ2) is 8.10. The van der Waals surface area contributed by atoms with Crippen LogP contribution in [0.15, 0.2) is 48.5 Å². The van der Waals surface area contributed by atoms with Crippen molar-refractivity contribution >= 4 is 23.8 Å². The van der Waals surface area contributed by atoms with Gasteiger partial charge in [-0.05, 0) is 49.3 Å². The maximum Gasteiger partial charge on any atom is 0.244 e. The zero-order valence-corrected chi connectivity index (χ0v) is 15.8. The Kier molecular flexibility index (Phi) is 5.63. The Morgan fingerprint density at radius 2 is 2.00 bits per heavy atom. The smallest absolute Gasteiger partial charge is 0.244 e. The van der Waals surface area contributed by atoms with Crippen LogP contribution in [0.3, 0.4) is 0 Å². The quantitative estimate of drug-likeness (QED) is 0.631. The molecule has 0 saturated carbocycles. The summed E-state index contributed by atoms with van der Waals surface area (Å²) in [4.78, 5) is 12.5. The minimum absolute atomic E-state index is 0.106. The van der Waals surface area contributed by atoms with E-state index in [2.05, 4.69) is 22.4 Å². The Labute approximate surface area is 158 Å². The van der Waals surface area contributed by atoms with Crippen molar-refractivity contribution in [2.45, 2.75) is 33.2 Å². The van der Waals surface area contributed by atoms with Gasteiger partial charge >= 0.3 is 0 Å². The average molecular weight is 366 g/mol. The summed E-state index contributed by atoms with van der Waals surface area (Å²) in [5.74, 6) is 0.520. The average Bonchev–Trinajstić information content (AvgIpc) is 2.97. The fourth-order valence-electron chi connectivity index (χ4n) is 2.86. The van der Waals surface area contributed by atoms with Crippen LogP contribution < -0.4 is 5.32 Å². The molecule has 0 atom stereocenters. The van der Waals surface area contributed by atoms with E-state index in [4.69, 9.17) is 12.2 Å². The highest BCUT2D eigenvalue weighted by molar-refractivity contribution is 7.71. The summed E-state index contributed by atoms with van der Waals surface area (Å²) in [6, 6.07) is 15.9. The lowest BCUT2D eigenvalue weighted by Crippen LogP contribution is -2.19. The Bertz CT molecular complexity index is 956. The third-order valence-electron chi connectivity index (χ3n) is 4.11. The Hall–Kier alpha value is -2.73. The Morgan fingerprint density at radius 1 is 1.23 bits per heavy atom. The molecule has 0 aliphatic heterocycles. The monoisotopic (exact) mass is 366 g/mol. The van der Waals surface area contributed by atoms with Gasteiger partial charge < -0.3 is 5.32 Å². The Balaban J connectivity index is 1.75. The lowest BCUT2D eigenvalue weighted by Gasteiger charge is -2.09. The maximum atomic E-state index is 12.5. The number of rotatable bonds is 6. The number of carbonyl (C=O) groups is 1. The number of hydrogen-bond acceptors (Lipinski definition) is 3. The summed E-state index contributed by atoms with van der Waals surface area (Å²) >= 11 is 5.30. The largest absolute Gasteiger partial charge is 0.325 e. The first kappa shape index (κ1) is 18.1. The van der Waals surface area contributed by atoms with E-state index in [1.54, 1.807) is 4.57 Å². The van der Waals surface area contributed by atoms with Gasteiger partial charge in [-0.2, -0.15) is 5.10 Å². The molecule has 26 heavy (non-hydrogen) atoms. The molecule has 1 heterocycles. The predicted molar refractivity (Wildman–Crippen MR) is 107 cm³/mol. The summed E-state index contributed by atoms with van der Waals surface area (Å²) in [7, 11) is 0. The highest BCUT2D eigenvalue weighted by atomic mass is 32.1. The number of H-pyrrole nitrogens is 1. The maximum absolute atomic E-state index is 12.5. The summed E-state index contributed by atoms with van der Waals surface area (Å²) in [5, 5.41) is 9.99. The van der Waals surface area contributed by atoms with Crippen LogP contribution in [0.1, 0.15) is 24.5 Å². The number of aryl methyl sites for hydroxylation is 2. The number of carbonyl (C=O) groups excluding carboxylic acids is 1. The standard InChI is InChI=1S/C20H22N4OS/c1-3-5-15-8-10-17(11-9-15)21-18(25)13-24-19(22-23-20(24)26)16-7-4-6-14(2)12-16/h4,6-12H,3,5,13H2,1-2H3,(H,21,25)(H,23,26). The Morgan fingerprint density at radius 3 is 2.69 bits per heavy atom. The number of amides is 1. The summed E-state index contributed by atoms with van der Waals surface area (Å²) < 4.78 is 2.14. The van der Waals surface area contributed by atoms with Crippen LogP contribution >= 0.6 is 12.2 Å².